The lowest BCUT2D eigenvalue weighted by molar-refractivity contribution is 0.606. The van der Waals surface area contributed by atoms with Crippen molar-refractivity contribution in [3.8, 4) is 0 Å². The van der Waals surface area contributed by atoms with E-state index in [0.29, 0.717) is 13.0 Å². The van der Waals surface area contributed by atoms with E-state index in [4.69, 9.17) is 0 Å². The van der Waals surface area contributed by atoms with E-state index in [0.717, 1.165) is 30.2 Å². The Bertz CT molecular complexity index is 396. The molecular weight excluding hydrogens is 261 g/mol. The molecule has 0 heterocycles. The van der Waals surface area contributed by atoms with Gasteiger partial charge in [-0.2, -0.15) is 11.8 Å². The van der Waals surface area contributed by atoms with Crippen molar-refractivity contribution in [2.45, 2.75) is 12.8 Å². The normalized spacial score (nSPS) is 11.4. The van der Waals surface area contributed by atoms with Gasteiger partial charge in [-0.15, -0.1) is 0 Å². The minimum absolute atomic E-state index is 0.146. The molecule has 106 valence electrons. The molecule has 0 aliphatic heterocycles. The van der Waals surface area contributed by atoms with Crippen molar-refractivity contribution in [3.63, 3.8) is 0 Å². The predicted molar refractivity (Wildman–Crippen MR) is 82.5 cm³/mol. The zero-order chi connectivity index (χ0) is 13.9. The highest BCUT2D eigenvalue weighted by Crippen LogP contribution is 2.05. The van der Waals surface area contributed by atoms with Crippen LogP contribution >= 0.6 is 11.8 Å². The molecule has 0 amide bonds. The molecule has 2 N–H and O–H groups in total. The first-order valence-electron chi connectivity index (χ1n) is 6.44. The summed E-state index contributed by atoms with van der Waals surface area (Å²) in [5, 5.41) is 6.42. The van der Waals surface area contributed by atoms with Crippen molar-refractivity contribution in [3.05, 3.63) is 35.6 Å². The molecule has 0 aliphatic carbocycles. The smallest absolute Gasteiger partial charge is 0.190 e. The second kappa shape index (κ2) is 9.67. The third-order valence-corrected chi connectivity index (χ3v) is 3.38. The molecule has 0 saturated heterocycles. The summed E-state index contributed by atoms with van der Waals surface area (Å²) in [5.41, 5.74) is 0.729. The van der Waals surface area contributed by atoms with E-state index < -0.39 is 0 Å². The molecule has 0 atom stereocenters. The van der Waals surface area contributed by atoms with Gasteiger partial charge in [0.05, 0.1) is 0 Å². The highest BCUT2D eigenvalue weighted by molar-refractivity contribution is 7.98. The zero-order valence-corrected chi connectivity index (χ0v) is 12.4. The highest BCUT2D eigenvalue weighted by Gasteiger charge is 2.01. The third kappa shape index (κ3) is 6.47. The van der Waals surface area contributed by atoms with Crippen molar-refractivity contribution in [1.82, 2.24) is 10.6 Å². The van der Waals surface area contributed by atoms with E-state index in [2.05, 4.69) is 21.9 Å². The Morgan fingerprint density at radius 3 is 2.68 bits per heavy atom. The number of nitrogens with one attached hydrogen (secondary N) is 2. The standard InChI is InChI=1S/C14H22FN3S/c1-16-14(17-9-5-11-19-2)18-10-8-12-6-3-4-7-13(12)15/h3-4,6-7H,5,8-11H2,1-2H3,(H2,16,17,18). The summed E-state index contributed by atoms with van der Waals surface area (Å²) in [4.78, 5) is 4.13. The summed E-state index contributed by atoms with van der Waals surface area (Å²) >= 11 is 1.84. The summed E-state index contributed by atoms with van der Waals surface area (Å²) in [5.74, 6) is 1.77. The quantitative estimate of drug-likeness (QED) is 0.458. The van der Waals surface area contributed by atoms with Gasteiger partial charge in [-0.05, 0) is 36.5 Å². The predicted octanol–water partition coefficient (Wildman–Crippen LogP) is 2.29. The Morgan fingerprint density at radius 1 is 1.26 bits per heavy atom. The van der Waals surface area contributed by atoms with Crippen molar-refractivity contribution < 1.29 is 4.39 Å². The van der Waals surface area contributed by atoms with Gasteiger partial charge in [0.1, 0.15) is 5.82 Å². The molecule has 19 heavy (non-hydrogen) atoms. The first-order chi connectivity index (χ1) is 9.27. The Kier molecular flexibility index (Phi) is 8.05. The lowest BCUT2D eigenvalue weighted by Crippen LogP contribution is -2.38. The first kappa shape index (κ1) is 15.8. The number of rotatable bonds is 7. The number of guanidine groups is 1. The van der Waals surface area contributed by atoms with Gasteiger partial charge in [0.25, 0.3) is 0 Å². The van der Waals surface area contributed by atoms with Crippen LogP contribution in [0.4, 0.5) is 4.39 Å². The summed E-state index contributed by atoms with van der Waals surface area (Å²) in [6, 6.07) is 6.86. The van der Waals surface area contributed by atoms with Gasteiger partial charge in [0.15, 0.2) is 5.96 Å². The fourth-order valence-electron chi connectivity index (χ4n) is 1.66. The van der Waals surface area contributed by atoms with Crippen molar-refractivity contribution in [2.24, 2.45) is 4.99 Å². The number of nitrogens with zero attached hydrogens (tertiary/aromatic N) is 1. The van der Waals surface area contributed by atoms with Gasteiger partial charge in [-0.3, -0.25) is 4.99 Å². The maximum atomic E-state index is 13.4. The Labute approximate surface area is 119 Å². The lowest BCUT2D eigenvalue weighted by Gasteiger charge is -2.11. The molecule has 3 nitrogen and oxygen atoms in total. The molecule has 0 unspecified atom stereocenters. The first-order valence-corrected chi connectivity index (χ1v) is 7.84. The van der Waals surface area contributed by atoms with Crippen LogP contribution in [0.3, 0.4) is 0 Å². The second-order valence-electron chi connectivity index (χ2n) is 4.11. The molecule has 1 rings (SSSR count). The van der Waals surface area contributed by atoms with Gasteiger partial charge in [-0.1, -0.05) is 18.2 Å². The van der Waals surface area contributed by atoms with E-state index in [1.54, 1.807) is 13.1 Å². The molecule has 0 spiro atoms. The van der Waals surface area contributed by atoms with E-state index in [1.165, 1.54) is 6.07 Å². The van der Waals surface area contributed by atoms with Crippen LogP contribution in [0.25, 0.3) is 0 Å². The van der Waals surface area contributed by atoms with Crippen LogP contribution in [0.1, 0.15) is 12.0 Å². The molecule has 0 fully saturated rings. The van der Waals surface area contributed by atoms with Gasteiger partial charge in [0.2, 0.25) is 0 Å². The van der Waals surface area contributed by atoms with Crippen LogP contribution in [-0.2, 0) is 6.42 Å². The van der Waals surface area contributed by atoms with Crippen LogP contribution in [0.15, 0.2) is 29.3 Å². The molecule has 1 aromatic rings. The van der Waals surface area contributed by atoms with Crippen molar-refractivity contribution >= 4 is 17.7 Å². The van der Waals surface area contributed by atoms with Gasteiger partial charge in [0, 0.05) is 20.1 Å². The van der Waals surface area contributed by atoms with Crippen LogP contribution in [-0.4, -0.2) is 38.1 Å². The monoisotopic (exact) mass is 283 g/mol. The van der Waals surface area contributed by atoms with Gasteiger partial charge < -0.3 is 10.6 Å². The van der Waals surface area contributed by atoms with Gasteiger partial charge >= 0.3 is 0 Å². The number of hydrogen-bond donors (Lipinski definition) is 2. The topological polar surface area (TPSA) is 36.4 Å². The van der Waals surface area contributed by atoms with E-state index in [1.807, 2.05) is 23.9 Å². The minimum atomic E-state index is -0.146. The second-order valence-corrected chi connectivity index (χ2v) is 5.10. The maximum absolute atomic E-state index is 13.4. The molecule has 0 aromatic heterocycles. The molecule has 0 aliphatic rings. The highest BCUT2D eigenvalue weighted by atomic mass is 32.2. The largest absolute Gasteiger partial charge is 0.356 e. The van der Waals surface area contributed by atoms with Crippen LogP contribution in [0, 0.1) is 5.82 Å². The Morgan fingerprint density at radius 2 is 2.00 bits per heavy atom. The zero-order valence-electron chi connectivity index (χ0n) is 11.6. The maximum Gasteiger partial charge on any atom is 0.190 e. The molecule has 0 radical (unpaired) electrons. The van der Waals surface area contributed by atoms with E-state index in [-0.39, 0.29) is 5.82 Å². The summed E-state index contributed by atoms with van der Waals surface area (Å²) in [6.45, 7) is 1.57. The molecule has 0 saturated carbocycles. The van der Waals surface area contributed by atoms with Crippen LogP contribution in [0.2, 0.25) is 0 Å². The van der Waals surface area contributed by atoms with E-state index >= 15 is 0 Å². The fraction of sp³-hybridized carbons (Fsp3) is 0.500. The van der Waals surface area contributed by atoms with Gasteiger partial charge in [-0.25, -0.2) is 4.39 Å². The lowest BCUT2D eigenvalue weighted by atomic mass is 10.1. The summed E-state index contributed by atoms with van der Waals surface area (Å²) < 4.78 is 13.4. The number of aliphatic imine (C=N–C) groups is 1. The van der Waals surface area contributed by atoms with E-state index in [9.17, 15) is 4.39 Å². The Hall–Kier alpha value is -1.23. The Balaban J connectivity index is 2.25. The molecule has 1 aromatic carbocycles. The molecule has 0 bridgehead atoms. The SMILES string of the molecule is CN=C(NCCCSC)NCCc1ccccc1F. The van der Waals surface area contributed by atoms with Crippen molar-refractivity contribution in [1.29, 1.82) is 0 Å². The van der Waals surface area contributed by atoms with Crippen LogP contribution < -0.4 is 10.6 Å². The third-order valence-electron chi connectivity index (χ3n) is 2.69. The summed E-state index contributed by atoms with van der Waals surface area (Å²) in [6.07, 6.45) is 3.86. The fourth-order valence-corrected chi connectivity index (χ4v) is 2.09. The minimum Gasteiger partial charge on any atom is -0.356 e. The number of halogens is 1. The average Bonchev–Trinajstić information content (AvgIpc) is 2.43. The molecule has 5 heteroatoms. The number of hydrogen-bond acceptors (Lipinski definition) is 2. The van der Waals surface area contributed by atoms with Crippen molar-refractivity contribution in [2.75, 3.05) is 32.1 Å². The average molecular weight is 283 g/mol. The number of thioether (sulfide) groups is 1. The number of benzene rings is 1. The van der Waals surface area contributed by atoms with Crippen LogP contribution in [0.5, 0.6) is 0 Å². The molecular formula is C14H22FN3S. The summed E-state index contributed by atoms with van der Waals surface area (Å²) in [7, 11) is 1.74.